The van der Waals surface area contributed by atoms with Crippen LogP contribution in [0.4, 0.5) is 5.69 Å². The normalized spacial score (nSPS) is 10.6. The molecule has 0 saturated heterocycles. The van der Waals surface area contributed by atoms with Gasteiger partial charge in [0, 0.05) is 28.9 Å². The van der Waals surface area contributed by atoms with Crippen LogP contribution in [-0.4, -0.2) is 36.3 Å². The fourth-order valence-electron chi connectivity index (χ4n) is 2.19. The molecule has 0 aliphatic heterocycles. The van der Waals surface area contributed by atoms with Crippen molar-refractivity contribution in [3.8, 4) is 0 Å². The highest BCUT2D eigenvalue weighted by Crippen LogP contribution is 2.28. The summed E-state index contributed by atoms with van der Waals surface area (Å²) in [6, 6.07) is 7.71. The number of ether oxygens (including phenoxy) is 1. The highest BCUT2D eigenvalue weighted by Gasteiger charge is 2.15. The van der Waals surface area contributed by atoms with Crippen molar-refractivity contribution < 1.29 is 14.6 Å². The molecule has 0 amide bonds. The molecule has 1 aromatic heterocycles. The smallest absolute Gasteiger partial charge is 0.310 e. The average molecular weight is 274 g/mol. The quantitative estimate of drug-likeness (QED) is 0.811. The third kappa shape index (κ3) is 2.88. The molecule has 20 heavy (non-hydrogen) atoms. The second-order valence-corrected chi connectivity index (χ2v) is 4.47. The van der Waals surface area contributed by atoms with Crippen molar-refractivity contribution in [2.45, 2.75) is 13.3 Å². The Kier molecular flexibility index (Phi) is 4.53. The number of carbonyl (C=O) groups excluding carboxylic acids is 1. The lowest BCUT2D eigenvalue weighted by atomic mass is 10.0. The van der Waals surface area contributed by atoms with Gasteiger partial charge in [-0.25, -0.2) is 0 Å². The van der Waals surface area contributed by atoms with Gasteiger partial charge < -0.3 is 15.2 Å². The highest BCUT2D eigenvalue weighted by molar-refractivity contribution is 5.95. The minimum atomic E-state index is -0.308. The number of hydrogen-bond donors (Lipinski definition) is 2. The van der Waals surface area contributed by atoms with Gasteiger partial charge in [-0.1, -0.05) is 18.2 Å². The summed E-state index contributed by atoms with van der Waals surface area (Å²) in [5, 5.41) is 13.1. The molecule has 0 bridgehead atoms. The molecule has 0 fully saturated rings. The predicted molar refractivity (Wildman–Crippen MR) is 77.8 cm³/mol. The molecule has 0 saturated carbocycles. The van der Waals surface area contributed by atoms with E-state index >= 15 is 0 Å². The molecule has 1 heterocycles. The van der Waals surface area contributed by atoms with Crippen molar-refractivity contribution in [3.05, 3.63) is 35.5 Å². The molecular weight excluding hydrogens is 256 g/mol. The van der Waals surface area contributed by atoms with Crippen molar-refractivity contribution in [1.29, 1.82) is 0 Å². The van der Waals surface area contributed by atoms with Gasteiger partial charge in [0.05, 0.1) is 25.7 Å². The van der Waals surface area contributed by atoms with E-state index in [9.17, 15) is 4.79 Å². The molecule has 0 aliphatic rings. The molecule has 0 atom stereocenters. The fraction of sp³-hybridized carbons (Fsp3) is 0.333. The number of nitrogens with zero attached hydrogens (tertiary/aromatic N) is 1. The second kappa shape index (κ2) is 6.34. The van der Waals surface area contributed by atoms with Crippen LogP contribution in [0.3, 0.4) is 0 Å². The zero-order valence-corrected chi connectivity index (χ0v) is 11.6. The number of anilines is 1. The number of aromatic nitrogens is 1. The van der Waals surface area contributed by atoms with Gasteiger partial charge in [0.1, 0.15) is 0 Å². The van der Waals surface area contributed by atoms with Gasteiger partial charge >= 0.3 is 5.97 Å². The summed E-state index contributed by atoms with van der Waals surface area (Å²) in [5.41, 5.74) is 3.30. The van der Waals surface area contributed by atoms with E-state index in [4.69, 9.17) is 9.84 Å². The number of aryl methyl sites for hydroxylation is 1. The van der Waals surface area contributed by atoms with Crippen LogP contribution in [0.1, 0.15) is 11.3 Å². The lowest BCUT2D eigenvalue weighted by Gasteiger charge is -2.16. The Morgan fingerprint density at radius 1 is 1.40 bits per heavy atom. The van der Waals surface area contributed by atoms with Gasteiger partial charge in [-0.05, 0) is 13.0 Å². The molecular formula is C15H18N2O3. The van der Waals surface area contributed by atoms with Gasteiger partial charge in [-0.2, -0.15) is 0 Å². The summed E-state index contributed by atoms with van der Waals surface area (Å²) in [5.74, 6) is -0.308. The van der Waals surface area contributed by atoms with Crippen LogP contribution in [0.25, 0.3) is 10.9 Å². The molecule has 2 N–H and O–H groups in total. The lowest BCUT2D eigenvalue weighted by Crippen LogP contribution is -2.13. The predicted octanol–water partition coefficient (Wildman–Crippen LogP) is 1.66. The number of aliphatic hydroxyl groups excluding tert-OH is 1. The van der Waals surface area contributed by atoms with Gasteiger partial charge in [0.15, 0.2) is 0 Å². The van der Waals surface area contributed by atoms with Gasteiger partial charge in [-0.3, -0.25) is 9.78 Å². The molecule has 5 nitrogen and oxygen atoms in total. The van der Waals surface area contributed by atoms with Crippen molar-refractivity contribution in [2.24, 2.45) is 0 Å². The first-order valence-corrected chi connectivity index (χ1v) is 6.47. The monoisotopic (exact) mass is 274 g/mol. The van der Waals surface area contributed by atoms with E-state index < -0.39 is 0 Å². The number of esters is 1. The molecule has 0 spiro atoms. The molecule has 0 radical (unpaired) electrons. The number of fused-ring (bicyclic) bond motifs is 1. The third-order valence-electron chi connectivity index (χ3n) is 3.16. The number of benzene rings is 1. The number of aliphatic hydroxyl groups is 1. The number of nitrogens with one attached hydrogen (secondary N) is 1. The van der Waals surface area contributed by atoms with E-state index in [1.807, 2.05) is 31.2 Å². The Balaban J connectivity index is 2.57. The lowest BCUT2D eigenvalue weighted by molar-refractivity contribution is -0.139. The highest BCUT2D eigenvalue weighted by atomic mass is 16.5. The fourth-order valence-corrected chi connectivity index (χ4v) is 2.19. The summed E-state index contributed by atoms with van der Waals surface area (Å²) in [6.07, 6.45) is 0.161. The Morgan fingerprint density at radius 3 is 2.85 bits per heavy atom. The Bertz CT molecular complexity index is 626. The van der Waals surface area contributed by atoms with Crippen LogP contribution in [0.2, 0.25) is 0 Å². The van der Waals surface area contributed by atoms with Crippen molar-refractivity contribution in [1.82, 2.24) is 4.98 Å². The molecule has 2 aromatic rings. The summed E-state index contributed by atoms with van der Waals surface area (Å²) in [7, 11) is 1.37. The molecule has 0 unspecified atom stereocenters. The summed E-state index contributed by atoms with van der Waals surface area (Å²) in [6.45, 7) is 2.31. The van der Waals surface area contributed by atoms with Crippen LogP contribution >= 0.6 is 0 Å². The maximum atomic E-state index is 11.6. The summed E-state index contributed by atoms with van der Waals surface area (Å²) in [4.78, 5) is 16.1. The zero-order chi connectivity index (χ0) is 14.5. The molecule has 2 rings (SSSR count). The summed E-state index contributed by atoms with van der Waals surface area (Å²) < 4.78 is 4.74. The largest absolute Gasteiger partial charge is 0.469 e. The number of hydrogen-bond acceptors (Lipinski definition) is 5. The second-order valence-electron chi connectivity index (χ2n) is 4.47. The first-order valence-electron chi connectivity index (χ1n) is 6.47. The maximum absolute atomic E-state index is 11.6. The number of rotatable bonds is 5. The Hall–Kier alpha value is -2.14. The van der Waals surface area contributed by atoms with Crippen LogP contribution < -0.4 is 5.32 Å². The Labute approximate surface area is 117 Å². The third-order valence-corrected chi connectivity index (χ3v) is 3.16. The number of para-hydroxylation sites is 1. The van der Waals surface area contributed by atoms with E-state index in [0.717, 1.165) is 27.8 Å². The standard InChI is InChI=1S/C15H18N2O3/c1-10-12(9-14(19)20-2)15(16-7-8-18)11-5-3-4-6-13(11)17-10/h3-6,18H,7-9H2,1-2H3,(H,16,17). The van der Waals surface area contributed by atoms with E-state index in [1.165, 1.54) is 7.11 Å². The minimum Gasteiger partial charge on any atom is -0.469 e. The zero-order valence-electron chi connectivity index (χ0n) is 11.6. The molecule has 106 valence electrons. The summed E-state index contributed by atoms with van der Waals surface area (Å²) >= 11 is 0. The minimum absolute atomic E-state index is 0.0212. The first kappa shape index (κ1) is 14.3. The van der Waals surface area contributed by atoms with Crippen molar-refractivity contribution in [3.63, 3.8) is 0 Å². The van der Waals surface area contributed by atoms with Crippen LogP contribution in [0, 0.1) is 6.92 Å². The maximum Gasteiger partial charge on any atom is 0.310 e. The van der Waals surface area contributed by atoms with E-state index in [2.05, 4.69) is 10.3 Å². The average Bonchev–Trinajstić information content (AvgIpc) is 2.46. The molecule has 5 heteroatoms. The Morgan fingerprint density at radius 2 is 2.15 bits per heavy atom. The van der Waals surface area contributed by atoms with Crippen molar-refractivity contribution in [2.75, 3.05) is 25.6 Å². The van der Waals surface area contributed by atoms with Gasteiger partial charge in [0.2, 0.25) is 0 Å². The number of pyridine rings is 1. The van der Waals surface area contributed by atoms with E-state index in [0.29, 0.717) is 6.54 Å². The van der Waals surface area contributed by atoms with E-state index in [1.54, 1.807) is 0 Å². The molecule has 1 aromatic carbocycles. The number of methoxy groups -OCH3 is 1. The SMILES string of the molecule is COC(=O)Cc1c(C)nc2ccccc2c1NCCO. The van der Waals surface area contributed by atoms with E-state index in [-0.39, 0.29) is 19.0 Å². The number of carbonyl (C=O) groups is 1. The van der Waals surface area contributed by atoms with Gasteiger partial charge in [-0.15, -0.1) is 0 Å². The van der Waals surface area contributed by atoms with Gasteiger partial charge in [0.25, 0.3) is 0 Å². The van der Waals surface area contributed by atoms with Crippen LogP contribution in [-0.2, 0) is 16.0 Å². The van der Waals surface area contributed by atoms with Crippen molar-refractivity contribution >= 4 is 22.6 Å². The topological polar surface area (TPSA) is 71.5 Å². The van der Waals surface area contributed by atoms with Crippen LogP contribution in [0.5, 0.6) is 0 Å². The molecule has 0 aliphatic carbocycles. The van der Waals surface area contributed by atoms with Crippen LogP contribution in [0.15, 0.2) is 24.3 Å². The first-order chi connectivity index (χ1) is 9.67.